The maximum atomic E-state index is 11.6. The lowest BCUT2D eigenvalue weighted by Crippen LogP contribution is -2.35. The predicted molar refractivity (Wildman–Crippen MR) is 62.8 cm³/mol. The topological polar surface area (TPSA) is 29.5 Å². The largest absolute Gasteiger partial charge is 0.444 e. The summed E-state index contributed by atoms with van der Waals surface area (Å²) in [7, 11) is 1.52. The first-order valence-corrected chi connectivity index (χ1v) is 6.64. The minimum atomic E-state index is -0.400. The number of ether oxygens (including phenoxy) is 1. The molecule has 1 fully saturated rings. The second kappa shape index (κ2) is 4.66. The Balaban J connectivity index is 2.40. The summed E-state index contributed by atoms with van der Waals surface area (Å²) in [4.78, 5) is 13.3. The van der Waals surface area contributed by atoms with Crippen LogP contribution in [0.1, 0.15) is 27.2 Å². The molecule has 1 rings (SSSR count). The summed E-state index contributed by atoms with van der Waals surface area (Å²) in [6, 6.07) is 0. The highest BCUT2D eigenvalue weighted by Crippen LogP contribution is 2.25. The van der Waals surface area contributed by atoms with Crippen molar-refractivity contribution >= 4 is 28.5 Å². The third kappa shape index (κ3) is 3.61. The van der Waals surface area contributed by atoms with E-state index in [-0.39, 0.29) is 6.09 Å². The van der Waals surface area contributed by atoms with Crippen LogP contribution in [-0.2, 0) is 4.74 Å². The minimum absolute atomic E-state index is 0.206. The third-order valence-electron chi connectivity index (χ3n) is 1.95. The standard InChI is InChI=1S/C9H17NO2S2/c1-9(2,3)12-8(11)10-5-4-7(6-10)14-13/h7,13H,4-6H2,1-3H3. The first-order chi connectivity index (χ1) is 6.42. The fourth-order valence-electron chi connectivity index (χ4n) is 1.31. The minimum Gasteiger partial charge on any atom is -0.444 e. The van der Waals surface area contributed by atoms with E-state index in [9.17, 15) is 4.79 Å². The summed E-state index contributed by atoms with van der Waals surface area (Å²) in [5.41, 5.74) is -0.400. The van der Waals surface area contributed by atoms with Gasteiger partial charge in [0.25, 0.3) is 0 Å². The van der Waals surface area contributed by atoms with Crippen LogP contribution in [-0.4, -0.2) is 34.9 Å². The Morgan fingerprint density at radius 3 is 2.64 bits per heavy atom. The number of hydrogen-bond acceptors (Lipinski definition) is 4. The summed E-state index contributed by atoms with van der Waals surface area (Å²) < 4.78 is 5.27. The Bertz CT molecular complexity index is 215. The fourth-order valence-corrected chi connectivity index (χ4v) is 2.28. The molecule has 0 aromatic heterocycles. The van der Waals surface area contributed by atoms with Gasteiger partial charge in [-0.2, -0.15) is 0 Å². The highest BCUT2D eigenvalue weighted by molar-refractivity contribution is 8.68. The van der Waals surface area contributed by atoms with Gasteiger partial charge in [-0.15, -0.1) is 11.7 Å². The van der Waals surface area contributed by atoms with Crippen LogP contribution >= 0.6 is 22.5 Å². The molecule has 1 unspecified atom stereocenters. The Morgan fingerprint density at radius 1 is 1.57 bits per heavy atom. The van der Waals surface area contributed by atoms with Crippen LogP contribution in [0.4, 0.5) is 4.79 Å². The van der Waals surface area contributed by atoms with Gasteiger partial charge in [-0.25, -0.2) is 4.79 Å². The molecule has 3 nitrogen and oxygen atoms in total. The van der Waals surface area contributed by atoms with E-state index in [4.69, 9.17) is 4.74 Å². The molecule has 0 spiro atoms. The second-order valence-corrected chi connectivity index (χ2v) is 5.95. The quantitative estimate of drug-likeness (QED) is 0.559. The lowest BCUT2D eigenvalue weighted by atomic mass is 10.2. The molecule has 0 aromatic rings. The average Bonchev–Trinajstić information content (AvgIpc) is 2.48. The summed E-state index contributed by atoms with van der Waals surface area (Å²) >= 11 is 4.15. The highest BCUT2D eigenvalue weighted by Gasteiger charge is 2.29. The van der Waals surface area contributed by atoms with E-state index >= 15 is 0 Å². The monoisotopic (exact) mass is 235 g/mol. The lowest BCUT2D eigenvalue weighted by Gasteiger charge is -2.24. The molecular weight excluding hydrogens is 218 g/mol. The van der Waals surface area contributed by atoms with Crippen molar-refractivity contribution in [3.63, 3.8) is 0 Å². The summed E-state index contributed by atoms with van der Waals surface area (Å²) in [6.07, 6.45) is 0.801. The van der Waals surface area contributed by atoms with Crippen LogP contribution < -0.4 is 0 Å². The number of rotatable bonds is 1. The zero-order valence-electron chi connectivity index (χ0n) is 8.82. The number of likely N-dealkylation sites (tertiary alicyclic amines) is 1. The molecule has 1 aliphatic rings. The highest BCUT2D eigenvalue weighted by atomic mass is 33.1. The van der Waals surface area contributed by atoms with Crippen LogP contribution in [0.15, 0.2) is 0 Å². The molecule has 1 heterocycles. The lowest BCUT2D eigenvalue weighted by molar-refractivity contribution is 0.0295. The molecule has 0 aliphatic carbocycles. The molecule has 0 aromatic carbocycles. The number of amides is 1. The first kappa shape index (κ1) is 12.0. The van der Waals surface area contributed by atoms with Gasteiger partial charge in [0, 0.05) is 18.3 Å². The first-order valence-electron chi connectivity index (χ1n) is 4.70. The van der Waals surface area contributed by atoms with Crippen LogP contribution in [0.25, 0.3) is 0 Å². The molecule has 0 saturated carbocycles. The molecule has 5 heteroatoms. The predicted octanol–water partition coefficient (Wildman–Crippen LogP) is 2.57. The van der Waals surface area contributed by atoms with Gasteiger partial charge in [0.05, 0.1) is 0 Å². The van der Waals surface area contributed by atoms with E-state index in [1.54, 1.807) is 4.90 Å². The number of thiol groups is 1. The molecule has 82 valence electrons. The molecule has 0 bridgehead atoms. The Kier molecular flexibility index (Phi) is 4.01. The van der Waals surface area contributed by atoms with Crippen molar-refractivity contribution in [1.82, 2.24) is 4.90 Å². The molecular formula is C9H17NO2S2. The average molecular weight is 235 g/mol. The van der Waals surface area contributed by atoms with Gasteiger partial charge in [-0.1, -0.05) is 10.8 Å². The zero-order valence-corrected chi connectivity index (χ0v) is 10.5. The van der Waals surface area contributed by atoms with Gasteiger partial charge < -0.3 is 9.64 Å². The maximum absolute atomic E-state index is 11.6. The van der Waals surface area contributed by atoms with E-state index in [0.717, 1.165) is 19.5 Å². The normalized spacial score (nSPS) is 22.6. The second-order valence-electron chi connectivity index (χ2n) is 4.44. The molecule has 14 heavy (non-hydrogen) atoms. The maximum Gasteiger partial charge on any atom is 0.410 e. The molecule has 1 atom stereocenters. The van der Waals surface area contributed by atoms with E-state index in [2.05, 4.69) is 11.7 Å². The molecule has 1 saturated heterocycles. The van der Waals surface area contributed by atoms with E-state index < -0.39 is 5.60 Å². The van der Waals surface area contributed by atoms with Crippen LogP contribution in [0.3, 0.4) is 0 Å². The van der Waals surface area contributed by atoms with Gasteiger partial charge in [0.2, 0.25) is 0 Å². The van der Waals surface area contributed by atoms with Gasteiger partial charge in [0.1, 0.15) is 5.60 Å². The Morgan fingerprint density at radius 2 is 2.21 bits per heavy atom. The van der Waals surface area contributed by atoms with E-state index in [1.165, 1.54) is 10.8 Å². The van der Waals surface area contributed by atoms with Crippen LogP contribution in [0.5, 0.6) is 0 Å². The van der Waals surface area contributed by atoms with Crippen molar-refractivity contribution < 1.29 is 9.53 Å². The Labute approximate surface area is 94.4 Å². The van der Waals surface area contributed by atoms with E-state index in [0.29, 0.717) is 5.25 Å². The van der Waals surface area contributed by atoms with Crippen molar-refractivity contribution in [2.24, 2.45) is 0 Å². The van der Waals surface area contributed by atoms with Gasteiger partial charge in [0.15, 0.2) is 0 Å². The number of hydrogen-bond donors (Lipinski definition) is 1. The SMILES string of the molecule is CC(C)(C)OC(=O)N1CCC(SS)C1. The van der Waals surface area contributed by atoms with Crippen LogP contribution in [0, 0.1) is 0 Å². The number of carbonyl (C=O) groups is 1. The summed E-state index contributed by atoms with van der Waals surface area (Å²) in [5.74, 6) is 0. The molecule has 1 amide bonds. The van der Waals surface area contributed by atoms with Crippen molar-refractivity contribution in [1.29, 1.82) is 0 Å². The van der Waals surface area contributed by atoms with E-state index in [1.807, 2.05) is 20.8 Å². The van der Waals surface area contributed by atoms with Crippen LogP contribution in [0.2, 0.25) is 0 Å². The van der Waals surface area contributed by atoms with Crippen molar-refractivity contribution in [3.8, 4) is 0 Å². The molecule has 1 aliphatic heterocycles. The van der Waals surface area contributed by atoms with Crippen molar-refractivity contribution in [2.75, 3.05) is 13.1 Å². The smallest absolute Gasteiger partial charge is 0.410 e. The van der Waals surface area contributed by atoms with Crippen molar-refractivity contribution in [2.45, 2.75) is 38.0 Å². The Hall–Kier alpha value is -0.0300. The number of carbonyl (C=O) groups excluding carboxylic acids is 1. The zero-order chi connectivity index (χ0) is 10.8. The summed E-state index contributed by atoms with van der Waals surface area (Å²) in [6.45, 7) is 7.18. The number of nitrogens with zero attached hydrogens (tertiary/aromatic N) is 1. The summed E-state index contributed by atoms with van der Waals surface area (Å²) in [5, 5.41) is 0.450. The van der Waals surface area contributed by atoms with Gasteiger partial charge in [-0.05, 0) is 27.2 Å². The van der Waals surface area contributed by atoms with Crippen molar-refractivity contribution in [3.05, 3.63) is 0 Å². The third-order valence-corrected chi connectivity index (χ3v) is 3.52. The molecule has 0 radical (unpaired) electrons. The fraction of sp³-hybridized carbons (Fsp3) is 0.889. The van der Waals surface area contributed by atoms with Gasteiger partial charge >= 0.3 is 6.09 Å². The molecule has 0 N–H and O–H groups in total. The van der Waals surface area contributed by atoms with Gasteiger partial charge in [-0.3, -0.25) is 0 Å².